The Kier molecular flexibility index (Phi) is 14.4. The number of aliphatic hydroxyl groups excluding tert-OH is 1. The summed E-state index contributed by atoms with van der Waals surface area (Å²) in [5, 5.41) is 15.6. The molecule has 0 aliphatic carbocycles. The standard InChI is InChI=1S/C24H21FN2O4S.C24H19FN2O4S/c2*1-30-21-9-6-14(12-22(21)31-2)19(28)7-8-20(29)18-10-11-26-24(27-18)16-13-32-23-15(16)4-3-5-17(23)25/h3-6,9-13,20,29H,7-8H2,1-2H3;3-6,9-13H,7-8H2,1-2H3. The van der Waals surface area contributed by atoms with Crippen LogP contribution >= 0.6 is 22.7 Å². The van der Waals surface area contributed by atoms with Crippen molar-refractivity contribution in [1.82, 2.24) is 19.9 Å². The van der Waals surface area contributed by atoms with Crippen LogP contribution in [-0.2, 0) is 0 Å². The average molecular weight is 903 g/mol. The zero-order valence-corrected chi connectivity index (χ0v) is 36.6. The first kappa shape index (κ1) is 45.0. The molecule has 326 valence electrons. The van der Waals surface area contributed by atoms with Crippen LogP contribution in [0.3, 0.4) is 0 Å². The first-order valence-electron chi connectivity index (χ1n) is 19.7. The van der Waals surface area contributed by atoms with Crippen molar-refractivity contribution in [2.24, 2.45) is 0 Å². The predicted octanol–water partition coefficient (Wildman–Crippen LogP) is 10.6. The Morgan fingerprint density at radius 1 is 0.594 bits per heavy atom. The van der Waals surface area contributed by atoms with E-state index in [0.717, 1.165) is 5.39 Å². The number of fused-ring (bicyclic) bond motifs is 2. The van der Waals surface area contributed by atoms with Gasteiger partial charge in [-0.05, 0) is 67.1 Å². The van der Waals surface area contributed by atoms with Crippen molar-refractivity contribution in [3.63, 3.8) is 0 Å². The number of aromatic nitrogens is 4. The van der Waals surface area contributed by atoms with Gasteiger partial charge >= 0.3 is 0 Å². The number of hydrogen-bond acceptors (Lipinski definition) is 14. The molecule has 8 aromatic rings. The van der Waals surface area contributed by atoms with Gasteiger partial charge in [0.25, 0.3) is 0 Å². The van der Waals surface area contributed by atoms with Gasteiger partial charge < -0.3 is 24.1 Å². The molecule has 0 spiro atoms. The molecule has 4 aromatic heterocycles. The third-order valence-corrected chi connectivity index (χ3v) is 12.2. The van der Waals surface area contributed by atoms with Gasteiger partial charge in [-0.25, -0.2) is 28.7 Å². The molecular formula is C48H40F2N4O8S2. The molecule has 12 nitrogen and oxygen atoms in total. The second-order valence-corrected chi connectivity index (χ2v) is 15.8. The smallest absolute Gasteiger partial charge is 0.181 e. The Balaban J connectivity index is 0.000000191. The molecule has 0 amide bonds. The maximum absolute atomic E-state index is 14.0. The molecule has 1 unspecified atom stereocenters. The van der Waals surface area contributed by atoms with Crippen LogP contribution in [-0.4, -0.2) is 70.8 Å². The van der Waals surface area contributed by atoms with E-state index < -0.39 is 6.10 Å². The maximum Gasteiger partial charge on any atom is 0.181 e. The fraction of sp³-hybridized carbons (Fsp3) is 0.188. The van der Waals surface area contributed by atoms with Crippen LogP contribution in [0.25, 0.3) is 42.9 Å². The second kappa shape index (κ2) is 20.4. The van der Waals surface area contributed by atoms with E-state index in [4.69, 9.17) is 18.9 Å². The molecule has 8 rings (SSSR count). The molecule has 1 atom stereocenters. The van der Waals surface area contributed by atoms with E-state index in [2.05, 4.69) is 19.9 Å². The van der Waals surface area contributed by atoms with E-state index in [1.165, 1.54) is 75.5 Å². The van der Waals surface area contributed by atoms with Gasteiger partial charge in [0.1, 0.15) is 17.3 Å². The zero-order valence-electron chi connectivity index (χ0n) is 35.0. The quantitative estimate of drug-likeness (QED) is 0.0916. The first-order valence-corrected chi connectivity index (χ1v) is 21.5. The number of carbonyl (C=O) groups excluding carboxylic acids is 3. The first-order chi connectivity index (χ1) is 31.0. The summed E-state index contributed by atoms with van der Waals surface area (Å²) in [5.74, 6) is 1.56. The van der Waals surface area contributed by atoms with Crippen LogP contribution in [0.2, 0.25) is 0 Å². The van der Waals surface area contributed by atoms with Crippen molar-refractivity contribution in [2.45, 2.75) is 31.8 Å². The minimum atomic E-state index is -0.942. The van der Waals surface area contributed by atoms with Crippen LogP contribution in [0, 0.1) is 11.6 Å². The lowest BCUT2D eigenvalue weighted by molar-refractivity contribution is 0.0915. The Bertz CT molecular complexity index is 2990. The second-order valence-electron chi connectivity index (χ2n) is 14.1. The summed E-state index contributed by atoms with van der Waals surface area (Å²) in [6.45, 7) is 0. The molecule has 4 heterocycles. The molecule has 0 saturated carbocycles. The van der Waals surface area contributed by atoms with E-state index in [0.29, 0.717) is 77.4 Å². The summed E-state index contributed by atoms with van der Waals surface area (Å²) < 4.78 is 49.9. The van der Waals surface area contributed by atoms with Crippen molar-refractivity contribution in [2.75, 3.05) is 28.4 Å². The van der Waals surface area contributed by atoms with Crippen LogP contribution in [0.5, 0.6) is 23.0 Å². The molecule has 0 saturated heterocycles. The Morgan fingerprint density at radius 2 is 1.08 bits per heavy atom. The molecule has 0 bridgehead atoms. The van der Waals surface area contributed by atoms with E-state index in [1.807, 2.05) is 6.07 Å². The summed E-state index contributed by atoms with van der Waals surface area (Å²) in [6.07, 6.45) is 2.46. The zero-order chi connectivity index (χ0) is 45.3. The average Bonchev–Trinajstić information content (AvgIpc) is 3.99. The molecule has 1 N–H and O–H groups in total. The van der Waals surface area contributed by atoms with E-state index in [9.17, 15) is 28.3 Å². The number of methoxy groups -OCH3 is 4. The fourth-order valence-electron chi connectivity index (χ4n) is 6.80. The summed E-state index contributed by atoms with van der Waals surface area (Å²) in [7, 11) is 6.05. The van der Waals surface area contributed by atoms with E-state index in [-0.39, 0.29) is 60.4 Å². The molecule has 0 aliphatic rings. The summed E-state index contributed by atoms with van der Waals surface area (Å²) in [4.78, 5) is 55.3. The minimum Gasteiger partial charge on any atom is -0.493 e. The number of nitrogens with zero attached hydrogens (tertiary/aromatic N) is 4. The number of hydrogen-bond donors (Lipinski definition) is 1. The number of benzene rings is 4. The molecular weight excluding hydrogens is 863 g/mol. The van der Waals surface area contributed by atoms with Crippen molar-refractivity contribution in [3.05, 3.63) is 142 Å². The van der Waals surface area contributed by atoms with Crippen molar-refractivity contribution in [1.29, 1.82) is 0 Å². The minimum absolute atomic E-state index is 0.00262. The predicted molar refractivity (Wildman–Crippen MR) is 241 cm³/mol. The number of aliphatic hydroxyl groups is 1. The largest absolute Gasteiger partial charge is 0.493 e. The topological polar surface area (TPSA) is 160 Å². The highest BCUT2D eigenvalue weighted by Gasteiger charge is 2.20. The third kappa shape index (κ3) is 9.94. The lowest BCUT2D eigenvalue weighted by atomic mass is 10.0. The highest BCUT2D eigenvalue weighted by atomic mass is 32.1. The van der Waals surface area contributed by atoms with Gasteiger partial charge in [0.05, 0.1) is 49.6 Å². The number of Topliss-reactive ketones (excluding diaryl/α,β-unsaturated/α-hetero) is 3. The van der Waals surface area contributed by atoms with Gasteiger partial charge in [-0.2, -0.15) is 0 Å². The number of carbonyl (C=O) groups is 3. The highest BCUT2D eigenvalue weighted by Crippen LogP contribution is 2.36. The lowest BCUT2D eigenvalue weighted by Crippen LogP contribution is -2.08. The SMILES string of the molecule is COc1ccc(C(=O)CCC(=O)c2ccnc(-c3csc4c(F)cccc34)n2)cc1OC.COc1ccc(C(=O)CCC(O)c2ccnc(-c3csc4c(F)cccc34)n2)cc1OC. The molecule has 64 heavy (non-hydrogen) atoms. The number of ether oxygens (including phenoxy) is 4. The van der Waals surface area contributed by atoms with Crippen molar-refractivity contribution < 1.29 is 47.2 Å². The van der Waals surface area contributed by atoms with Crippen molar-refractivity contribution >= 4 is 60.2 Å². The highest BCUT2D eigenvalue weighted by molar-refractivity contribution is 7.18. The Labute approximate surface area is 374 Å². The molecule has 0 radical (unpaired) electrons. The molecule has 0 aliphatic heterocycles. The van der Waals surface area contributed by atoms with Gasteiger partial charge in [-0.3, -0.25) is 14.4 Å². The monoisotopic (exact) mass is 902 g/mol. The van der Waals surface area contributed by atoms with Gasteiger partial charge in [0.15, 0.2) is 52.0 Å². The number of ketones is 3. The van der Waals surface area contributed by atoms with Crippen molar-refractivity contribution in [3.8, 4) is 45.8 Å². The van der Waals surface area contributed by atoms with Gasteiger partial charge in [0.2, 0.25) is 0 Å². The van der Waals surface area contributed by atoms with E-state index >= 15 is 0 Å². The molecule has 4 aromatic carbocycles. The van der Waals surface area contributed by atoms with Gasteiger partial charge in [-0.15, -0.1) is 22.7 Å². The summed E-state index contributed by atoms with van der Waals surface area (Å²) in [5.41, 5.74) is 2.91. The van der Waals surface area contributed by atoms with Crippen LogP contribution in [0.15, 0.2) is 108 Å². The molecule has 16 heteroatoms. The maximum atomic E-state index is 14.0. The van der Waals surface area contributed by atoms with Crippen LogP contribution < -0.4 is 18.9 Å². The van der Waals surface area contributed by atoms with Crippen LogP contribution in [0.4, 0.5) is 8.78 Å². The number of halogens is 2. The summed E-state index contributed by atoms with van der Waals surface area (Å²) in [6, 6.07) is 22.7. The third-order valence-electron chi connectivity index (χ3n) is 10.2. The lowest BCUT2D eigenvalue weighted by Gasteiger charge is -2.12. The van der Waals surface area contributed by atoms with Gasteiger partial charge in [0, 0.05) is 75.4 Å². The summed E-state index contributed by atoms with van der Waals surface area (Å²) >= 11 is 2.55. The molecule has 0 fully saturated rings. The van der Waals surface area contributed by atoms with E-state index in [1.54, 1.807) is 77.6 Å². The Hall–Kier alpha value is -7.01. The van der Waals surface area contributed by atoms with Gasteiger partial charge in [-0.1, -0.05) is 24.3 Å². The number of thiophene rings is 2. The number of rotatable bonds is 16. The van der Waals surface area contributed by atoms with Crippen LogP contribution in [0.1, 0.15) is 68.7 Å². The fourth-order valence-corrected chi connectivity index (χ4v) is 8.71. The Morgan fingerprint density at radius 3 is 1.61 bits per heavy atom. The normalized spacial score (nSPS) is 11.4.